The van der Waals surface area contributed by atoms with Crippen LogP contribution in [0.5, 0.6) is 11.6 Å². The molecule has 0 spiro atoms. The molecular weight excluding hydrogens is 473 g/mol. The third-order valence-electron chi connectivity index (χ3n) is 3.88. The van der Waals surface area contributed by atoms with E-state index in [0.29, 0.717) is 44.3 Å². The Labute approximate surface area is 185 Å². The minimum Gasteiger partial charge on any atom is -0.439 e. The number of aromatic nitrogens is 3. The number of halogens is 3. The first-order chi connectivity index (χ1) is 14.5. The van der Waals surface area contributed by atoms with Crippen LogP contribution in [-0.2, 0) is 0 Å². The van der Waals surface area contributed by atoms with Crippen molar-refractivity contribution in [1.82, 2.24) is 15.0 Å². The average molecular weight is 487 g/mol. The number of rotatable bonds is 6. The number of pyridine rings is 1. The monoisotopic (exact) mass is 485 g/mol. The van der Waals surface area contributed by atoms with Crippen molar-refractivity contribution in [2.75, 3.05) is 10.6 Å². The third kappa shape index (κ3) is 5.22. The van der Waals surface area contributed by atoms with Crippen molar-refractivity contribution >= 4 is 50.7 Å². The van der Waals surface area contributed by atoms with Crippen molar-refractivity contribution in [1.29, 1.82) is 0 Å². The van der Waals surface area contributed by atoms with Crippen molar-refractivity contribution in [3.63, 3.8) is 0 Å². The first kappa shape index (κ1) is 20.1. The molecule has 2 aromatic carbocycles. The topological polar surface area (TPSA) is 72.0 Å². The van der Waals surface area contributed by atoms with Crippen LogP contribution < -0.4 is 15.4 Å². The smallest absolute Gasteiger partial charge is 0.229 e. The van der Waals surface area contributed by atoms with Crippen molar-refractivity contribution in [2.24, 2.45) is 0 Å². The maximum absolute atomic E-state index is 13.1. The van der Waals surface area contributed by atoms with Gasteiger partial charge in [-0.25, -0.2) is 14.4 Å². The van der Waals surface area contributed by atoms with E-state index in [9.17, 15) is 4.39 Å². The Balaban J connectivity index is 1.44. The quantitative estimate of drug-likeness (QED) is 0.316. The standard InChI is InChI=1S/C21H14BrClFN5O/c22-18-12-26-21(29-20(18)27-15-5-3-14(24)4-6-15)28-16-7-10-19(25-11-16)30-17-8-1-13(23)2-9-17/h1-12H,(H2,26,27,28,29). The zero-order chi connectivity index (χ0) is 20.9. The van der Waals surface area contributed by atoms with Crippen LogP contribution in [0.3, 0.4) is 0 Å². The summed E-state index contributed by atoms with van der Waals surface area (Å²) in [6.45, 7) is 0. The first-order valence-corrected chi connectivity index (χ1v) is 9.94. The molecule has 4 aromatic rings. The highest BCUT2D eigenvalue weighted by Crippen LogP contribution is 2.26. The lowest BCUT2D eigenvalue weighted by atomic mass is 10.3. The fourth-order valence-electron chi connectivity index (χ4n) is 2.45. The van der Waals surface area contributed by atoms with Crippen LogP contribution in [0.1, 0.15) is 0 Å². The molecule has 9 heteroatoms. The van der Waals surface area contributed by atoms with Crippen LogP contribution in [0.25, 0.3) is 0 Å². The molecule has 2 aromatic heterocycles. The van der Waals surface area contributed by atoms with Gasteiger partial charge < -0.3 is 15.4 Å². The second-order valence-corrected chi connectivity index (χ2v) is 7.38. The number of benzene rings is 2. The molecule has 0 atom stereocenters. The molecule has 0 fully saturated rings. The highest BCUT2D eigenvalue weighted by molar-refractivity contribution is 9.10. The predicted molar refractivity (Wildman–Crippen MR) is 118 cm³/mol. The van der Waals surface area contributed by atoms with Gasteiger partial charge in [0.05, 0.1) is 16.4 Å². The Bertz CT molecular complexity index is 1140. The summed E-state index contributed by atoms with van der Waals surface area (Å²) in [7, 11) is 0. The van der Waals surface area contributed by atoms with Crippen LogP contribution >= 0.6 is 27.5 Å². The molecule has 0 aliphatic heterocycles. The summed E-state index contributed by atoms with van der Waals surface area (Å²) >= 11 is 9.28. The van der Waals surface area contributed by atoms with E-state index >= 15 is 0 Å². The van der Waals surface area contributed by atoms with Gasteiger partial charge in [-0.15, -0.1) is 0 Å². The van der Waals surface area contributed by atoms with Gasteiger partial charge in [0.1, 0.15) is 17.4 Å². The summed E-state index contributed by atoms with van der Waals surface area (Å²) in [6, 6.07) is 16.5. The van der Waals surface area contributed by atoms with Crippen LogP contribution in [0.15, 0.2) is 77.5 Å². The van der Waals surface area contributed by atoms with Crippen molar-refractivity contribution in [3.8, 4) is 11.6 Å². The van der Waals surface area contributed by atoms with E-state index in [4.69, 9.17) is 16.3 Å². The van der Waals surface area contributed by atoms with Gasteiger partial charge in [-0.2, -0.15) is 4.98 Å². The van der Waals surface area contributed by atoms with E-state index in [-0.39, 0.29) is 5.82 Å². The molecule has 0 aliphatic carbocycles. The Morgan fingerprint density at radius 1 is 0.833 bits per heavy atom. The molecule has 30 heavy (non-hydrogen) atoms. The lowest BCUT2D eigenvalue weighted by molar-refractivity contribution is 0.463. The Morgan fingerprint density at radius 2 is 1.57 bits per heavy atom. The van der Waals surface area contributed by atoms with Crippen molar-refractivity contribution in [3.05, 3.63) is 88.4 Å². The largest absolute Gasteiger partial charge is 0.439 e. The molecule has 150 valence electrons. The number of ether oxygens (including phenoxy) is 1. The van der Waals surface area contributed by atoms with Gasteiger partial charge in [-0.3, -0.25) is 0 Å². The number of hydrogen-bond donors (Lipinski definition) is 2. The van der Waals surface area contributed by atoms with Gasteiger partial charge in [-0.05, 0) is 70.5 Å². The van der Waals surface area contributed by atoms with E-state index in [2.05, 4.69) is 41.5 Å². The fourth-order valence-corrected chi connectivity index (χ4v) is 2.87. The molecule has 0 unspecified atom stereocenters. The number of hydrogen-bond acceptors (Lipinski definition) is 6. The van der Waals surface area contributed by atoms with Crippen LogP contribution in [0, 0.1) is 5.82 Å². The number of nitrogens with zero attached hydrogens (tertiary/aromatic N) is 3. The zero-order valence-corrected chi connectivity index (χ0v) is 17.7. The highest BCUT2D eigenvalue weighted by atomic mass is 79.9. The molecule has 0 saturated carbocycles. The molecule has 0 saturated heterocycles. The summed E-state index contributed by atoms with van der Waals surface area (Å²) in [6.07, 6.45) is 3.23. The lowest BCUT2D eigenvalue weighted by Gasteiger charge is -2.10. The second kappa shape index (κ2) is 9.06. The summed E-state index contributed by atoms with van der Waals surface area (Å²) in [4.78, 5) is 13.0. The van der Waals surface area contributed by atoms with Gasteiger partial charge in [0.2, 0.25) is 11.8 Å². The van der Waals surface area contributed by atoms with Gasteiger partial charge in [-0.1, -0.05) is 11.6 Å². The first-order valence-electron chi connectivity index (χ1n) is 8.77. The van der Waals surface area contributed by atoms with E-state index in [1.54, 1.807) is 60.9 Å². The maximum atomic E-state index is 13.1. The molecule has 0 amide bonds. The molecule has 6 nitrogen and oxygen atoms in total. The van der Waals surface area contributed by atoms with Crippen LogP contribution in [-0.4, -0.2) is 15.0 Å². The third-order valence-corrected chi connectivity index (χ3v) is 4.71. The second-order valence-electron chi connectivity index (χ2n) is 6.09. The summed E-state index contributed by atoms with van der Waals surface area (Å²) in [5, 5.41) is 6.84. The van der Waals surface area contributed by atoms with E-state index < -0.39 is 0 Å². The number of nitrogens with one attached hydrogen (secondary N) is 2. The molecule has 4 rings (SSSR count). The maximum Gasteiger partial charge on any atom is 0.229 e. The fraction of sp³-hybridized carbons (Fsp3) is 0. The highest BCUT2D eigenvalue weighted by Gasteiger charge is 2.07. The van der Waals surface area contributed by atoms with Crippen LogP contribution in [0.4, 0.5) is 27.5 Å². The van der Waals surface area contributed by atoms with E-state index in [0.717, 1.165) is 0 Å². The number of anilines is 4. The normalized spacial score (nSPS) is 10.5. The molecule has 2 heterocycles. The summed E-state index contributed by atoms with van der Waals surface area (Å²) in [5.74, 6) is 1.69. The van der Waals surface area contributed by atoms with Crippen LogP contribution in [0.2, 0.25) is 5.02 Å². The molecule has 0 radical (unpaired) electrons. The van der Waals surface area contributed by atoms with Crippen molar-refractivity contribution in [2.45, 2.75) is 0 Å². The summed E-state index contributed by atoms with van der Waals surface area (Å²) in [5.41, 5.74) is 1.39. The van der Waals surface area contributed by atoms with E-state index in [1.807, 2.05) is 0 Å². The average Bonchev–Trinajstić information content (AvgIpc) is 2.75. The van der Waals surface area contributed by atoms with Crippen molar-refractivity contribution < 1.29 is 9.13 Å². The zero-order valence-electron chi connectivity index (χ0n) is 15.3. The predicted octanol–water partition coefficient (Wildman–Crippen LogP) is 6.71. The van der Waals surface area contributed by atoms with Gasteiger partial charge in [0.25, 0.3) is 0 Å². The SMILES string of the molecule is Fc1ccc(Nc2nc(Nc3ccc(Oc4ccc(Cl)cc4)nc3)ncc2Br)cc1. The Hall–Kier alpha value is -3.23. The minimum absolute atomic E-state index is 0.305. The van der Waals surface area contributed by atoms with Gasteiger partial charge in [0.15, 0.2) is 0 Å². The summed E-state index contributed by atoms with van der Waals surface area (Å²) < 4.78 is 19.4. The molecular formula is C21H14BrClFN5O. The Morgan fingerprint density at radius 3 is 2.27 bits per heavy atom. The lowest BCUT2D eigenvalue weighted by Crippen LogP contribution is -2.02. The minimum atomic E-state index is -0.305. The van der Waals surface area contributed by atoms with E-state index in [1.165, 1.54) is 12.1 Å². The molecule has 0 aliphatic rings. The molecule has 2 N–H and O–H groups in total. The van der Waals surface area contributed by atoms with Gasteiger partial charge >= 0.3 is 0 Å². The Kier molecular flexibility index (Phi) is 6.06. The van der Waals surface area contributed by atoms with Gasteiger partial charge in [0, 0.05) is 23.0 Å². The molecule has 0 bridgehead atoms.